The maximum absolute atomic E-state index is 13.4. The zero-order valence-corrected chi connectivity index (χ0v) is 12.9. The third-order valence-corrected chi connectivity index (χ3v) is 3.29. The van der Waals surface area contributed by atoms with Gasteiger partial charge in [0, 0.05) is 0 Å². The number of hydrogen-bond donors (Lipinski definition) is 2. The fraction of sp³-hybridized carbons (Fsp3) is 0.0667. The quantitative estimate of drug-likeness (QED) is 0.487. The second kappa shape index (κ2) is 7.47. The Morgan fingerprint density at radius 1 is 0.920 bits per heavy atom. The standard InChI is InChI=1S/C15H8ClF5N2O2/c16-7-4-10(19)9(18)3-6(7)15(25)22-5-12(24)23-11-2-1-8(17)13(20)14(11)21/h1-4H,5H2,(H,22,25)(H,23,24). The van der Waals surface area contributed by atoms with E-state index in [0.717, 1.165) is 6.07 Å². The zero-order chi connectivity index (χ0) is 18.7. The van der Waals surface area contributed by atoms with Crippen LogP contribution in [0.5, 0.6) is 0 Å². The van der Waals surface area contributed by atoms with Crippen molar-refractivity contribution in [3.63, 3.8) is 0 Å². The van der Waals surface area contributed by atoms with Gasteiger partial charge in [-0.05, 0) is 24.3 Å². The zero-order valence-electron chi connectivity index (χ0n) is 12.1. The van der Waals surface area contributed by atoms with Gasteiger partial charge in [0.05, 0.1) is 22.8 Å². The molecular formula is C15H8ClF5N2O2. The minimum Gasteiger partial charge on any atom is -0.343 e. The van der Waals surface area contributed by atoms with Crippen LogP contribution in [0.3, 0.4) is 0 Å². The Bertz CT molecular complexity index is 860. The first kappa shape index (κ1) is 18.7. The first-order valence-corrected chi connectivity index (χ1v) is 6.94. The second-order valence-electron chi connectivity index (χ2n) is 4.70. The molecule has 0 aliphatic rings. The average Bonchev–Trinajstić information content (AvgIpc) is 2.56. The van der Waals surface area contributed by atoms with Crippen molar-refractivity contribution in [1.82, 2.24) is 5.32 Å². The molecule has 0 fully saturated rings. The number of nitrogens with one attached hydrogen (secondary N) is 2. The predicted molar refractivity (Wildman–Crippen MR) is 78.6 cm³/mol. The van der Waals surface area contributed by atoms with Crippen LogP contribution >= 0.6 is 11.6 Å². The third-order valence-electron chi connectivity index (χ3n) is 2.97. The Morgan fingerprint density at radius 2 is 1.56 bits per heavy atom. The molecule has 132 valence electrons. The van der Waals surface area contributed by atoms with Gasteiger partial charge in [-0.15, -0.1) is 0 Å². The molecule has 0 aliphatic carbocycles. The summed E-state index contributed by atoms with van der Waals surface area (Å²) in [4.78, 5) is 23.4. The van der Waals surface area contributed by atoms with Crippen molar-refractivity contribution in [2.24, 2.45) is 0 Å². The minimum atomic E-state index is -1.77. The average molecular weight is 379 g/mol. The lowest BCUT2D eigenvalue weighted by molar-refractivity contribution is -0.115. The summed E-state index contributed by atoms with van der Waals surface area (Å²) in [7, 11) is 0. The van der Waals surface area contributed by atoms with Crippen LogP contribution in [-0.4, -0.2) is 18.4 Å². The number of anilines is 1. The van der Waals surface area contributed by atoms with Crippen LogP contribution in [0.4, 0.5) is 27.6 Å². The van der Waals surface area contributed by atoms with Crippen molar-refractivity contribution in [3.8, 4) is 0 Å². The Balaban J connectivity index is 2.02. The van der Waals surface area contributed by atoms with E-state index in [0.29, 0.717) is 18.2 Å². The molecule has 2 aromatic carbocycles. The lowest BCUT2D eigenvalue weighted by Crippen LogP contribution is -2.33. The molecule has 2 aromatic rings. The topological polar surface area (TPSA) is 58.2 Å². The van der Waals surface area contributed by atoms with Gasteiger partial charge in [-0.25, -0.2) is 22.0 Å². The summed E-state index contributed by atoms with van der Waals surface area (Å²) < 4.78 is 65.3. The van der Waals surface area contributed by atoms with Crippen LogP contribution in [0.2, 0.25) is 5.02 Å². The van der Waals surface area contributed by atoms with Gasteiger partial charge in [0.25, 0.3) is 5.91 Å². The van der Waals surface area contributed by atoms with Crippen LogP contribution in [0.25, 0.3) is 0 Å². The van der Waals surface area contributed by atoms with E-state index in [1.54, 1.807) is 0 Å². The molecule has 0 spiro atoms. The molecule has 10 heteroatoms. The van der Waals surface area contributed by atoms with E-state index in [1.165, 1.54) is 0 Å². The molecule has 0 unspecified atom stereocenters. The molecule has 0 heterocycles. The highest BCUT2D eigenvalue weighted by molar-refractivity contribution is 6.33. The SMILES string of the molecule is O=C(CNC(=O)c1cc(F)c(F)cc1Cl)Nc1ccc(F)c(F)c1F. The number of halogens is 6. The van der Waals surface area contributed by atoms with Crippen molar-refractivity contribution in [2.75, 3.05) is 11.9 Å². The van der Waals surface area contributed by atoms with E-state index < -0.39 is 58.7 Å². The first-order chi connectivity index (χ1) is 11.7. The molecule has 2 rings (SSSR count). The van der Waals surface area contributed by atoms with Crippen LogP contribution in [0.1, 0.15) is 10.4 Å². The first-order valence-electron chi connectivity index (χ1n) is 6.56. The maximum Gasteiger partial charge on any atom is 0.253 e. The van der Waals surface area contributed by atoms with E-state index >= 15 is 0 Å². The summed E-state index contributed by atoms with van der Waals surface area (Å²) in [5.74, 6) is -9.35. The van der Waals surface area contributed by atoms with Crippen LogP contribution in [0, 0.1) is 29.1 Å². The van der Waals surface area contributed by atoms with Gasteiger partial charge < -0.3 is 10.6 Å². The van der Waals surface area contributed by atoms with Crippen LogP contribution in [-0.2, 0) is 4.79 Å². The van der Waals surface area contributed by atoms with Crippen LogP contribution < -0.4 is 10.6 Å². The fourth-order valence-corrected chi connectivity index (χ4v) is 2.01. The molecule has 0 radical (unpaired) electrons. The molecule has 4 nitrogen and oxygen atoms in total. The molecule has 2 N–H and O–H groups in total. The van der Waals surface area contributed by atoms with E-state index in [9.17, 15) is 31.5 Å². The van der Waals surface area contributed by atoms with Crippen molar-refractivity contribution < 1.29 is 31.5 Å². The maximum atomic E-state index is 13.4. The van der Waals surface area contributed by atoms with Crippen LogP contribution in [0.15, 0.2) is 24.3 Å². The number of rotatable bonds is 4. The van der Waals surface area contributed by atoms with Gasteiger partial charge in [-0.3, -0.25) is 9.59 Å². The summed E-state index contributed by atoms with van der Waals surface area (Å²) in [6.07, 6.45) is 0. The van der Waals surface area contributed by atoms with Crippen molar-refractivity contribution >= 4 is 29.1 Å². The van der Waals surface area contributed by atoms with E-state index in [1.807, 2.05) is 10.6 Å². The molecule has 0 aliphatic heterocycles. The number of carbonyl (C=O) groups is 2. The molecule has 0 atom stereocenters. The Morgan fingerprint density at radius 3 is 2.24 bits per heavy atom. The normalized spacial score (nSPS) is 10.5. The van der Waals surface area contributed by atoms with E-state index in [4.69, 9.17) is 11.6 Å². The fourth-order valence-electron chi connectivity index (χ4n) is 1.77. The highest BCUT2D eigenvalue weighted by Gasteiger charge is 2.18. The Labute approximate surface area is 142 Å². The molecule has 0 aromatic heterocycles. The Kier molecular flexibility index (Phi) is 5.58. The molecule has 0 saturated heterocycles. The summed E-state index contributed by atoms with van der Waals surface area (Å²) in [5.41, 5.74) is -1.06. The Hall–Kier alpha value is -2.68. The smallest absolute Gasteiger partial charge is 0.253 e. The van der Waals surface area contributed by atoms with E-state index in [2.05, 4.69) is 0 Å². The summed E-state index contributed by atoms with van der Waals surface area (Å²) >= 11 is 5.60. The van der Waals surface area contributed by atoms with E-state index in [-0.39, 0.29) is 5.02 Å². The lowest BCUT2D eigenvalue weighted by Gasteiger charge is -2.09. The van der Waals surface area contributed by atoms with Crippen molar-refractivity contribution in [2.45, 2.75) is 0 Å². The monoisotopic (exact) mass is 378 g/mol. The lowest BCUT2D eigenvalue weighted by atomic mass is 10.2. The molecule has 0 bridgehead atoms. The predicted octanol–water partition coefficient (Wildman–Crippen LogP) is 3.40. The van der Waals surface area contributed by atoms with Crippen molar-refractivity contribution in [1.29, 1.82) is 0 Å². The molecular weight excluding hydrogens is 371 g/mol. The van der Waals surface area contributed by atoms with Gasteiger partial charge in [0.15, 0.2) is 29.1 Å². The second-order valence-corrected chi connectivity index (χ2v) is 5.11. The highest BCUT2D eigenvalue weighted by Crippen LogP contribution is 2.20. The van der Waals surface area contributed by atoms with Gasteiger partial charge in [0.1, 0.15) is 0 Å². The molecule has 25 heavy (non-hydrogen) atoms. The summed E-state index contributed by atoms with van der Waals surface area (Å²) in [6, 6.07) is 2.52. The third kappa shape index (κ3) is 4.24. The molecule has 2 amide bonds. The summed E-state index contributed by atoms with van der Waals surface area (Å²) in [5, 5.41) is 3.57. The van der Waals surface area contributed by atoms with Gasteiger partial charge >= 0.3 is 0 Å². The highest BCUT2D eigenvalue weighted by atomic mass is 35.5. The minimum absolute atomic E-state index is 0.386. The van der Waals surface area contributed by atoms with Gasteiger partial charge in [-0.1, -0.05) is 11.6 Å². The molecule has 0 saturated carbocycles. The number of hydrogen-bond acceptors (Lipinski definition) is 2. The number of carbonyl (C=O) groups excluding carboxylic acids is 2. The summed E-state index contributed by atoms with van der Waals surface area (Å²) in [6.45, 7) is -0.716. The van der Waals surface area contributed by atoms with Gasteiger partial charge in [0.2, 0.25) is 5.91 Å². The largest absolute Gasteiger partial charge is 0.343 e. The number of benzene rings is 2. The number of amides is 2. The van der Waals surface area contributed by atoms with Gasteiger partial charge in [-0.2, -0.15) is 0 Å². The van der Waals surface area contributed by atoms with Crippen molar-refractivity contribution in [3.05, 3.63) is 63.9 Å².